The number of carbonyl (C=O) groups excluding carboxylic acids is 3. The molecular formula is C27H23N3O4. The van der Waals surface area contributed by atoms with E-state index in [4.69, 9.17) is 4.74 Å². The summed E-state index contributed by atoms with van der Waals surface area (Å²) in [4.78, 5) is 36.1. The third kappa shape index (κ3) is 5.77. The lowest BCUT2D eigenvalue weighted by Gasteiger charge is -2.09. The number of esters is 1. The van der Waals surface area contributed by atoms with Crippen molar-refractivity contribution in [2.45, 2.75) is 13.5 Å². The highest BCUT2D eigenvalue weighted by atomic mass is 16.5. The van der Waals surface area contributed by atoms with Crippen LogP contribution in [0.3, 0.4) is 0 Å². The first kappa shape index (κ1) is 22.5. The zero-order valence-corrected chi connectivity index (χ0v) is 18.5. The largest absolute Gasteiger partial charge is 0.427 e. The van der Waals surface area contributed by atoms with Gasteiger partial charge in [0, 0.05) is 48.4 Å². The van der Waals surface area contributed by atoms with E-state index in [1.165, 1.54) is 13.0 Å². The molecule has 3 aromatic carbocycles. The predicted octanol–water partition coefficient (Wildman–Crippen LogP) is 4.58. The maximum Gasteiger partial charge on any atom is 0.308 e. The minimum atomic E-state index is -0.446. The van der Waals surface area contributed by atoms with E-state index >= 15 is 0 Å². The average molecular weight is 453 g/mol. The van der Waals surface area contributed by atoms with Gasteiger partial charge in [-0.1, -0.05) is 18.2 Å². The minimum absolute atomic E-state index is 0.201. The topological polar surface area (TPSA) is 89.4 Å². The Bertz CT molecular complexity index is 1290. The van der Waals surface area contributed by atoms with Gasteiger partial charge in [0.1, 0.15) is 5.75 Å². The zero-order valence-electron chi connectivity index (χ0n) is 18.5. The molecule has 4 aromatic rings. The quantitative estimate of drug-likeness (QED) is 0.317. The van der Waals surface area contributed by atoms with Crippen molar-refractivity contribution in [2.75, 3.05) is 5.32 Å². The molecule has 0 atom stereocenters. The van der Waals surface area contributed by atoms with Crippen LogP contribution < -0.4 is 15.4 Å². The Kier molecular flexibility index (Phi) is 6.84. The van der Waals surface area contributed by atoms with Crippen molar-refractivity contribution in [3.05, 3.63) is 114 Å². The summed E-state index contributed by atoms with van der Waals surface area (Å²) in [6.45, 7) is 1.62. The molecule has 1 aromatic heterocycles. The molecule has 170 valence electrons. The summed E-state index contributed by atoms with van der Waals surface area (Å²) < 4.78 is 6.98. The Labute approximate surface area is 197 Å². The average Bonchev–Trinajstić information content (AvgIpc) is 3.38. The van der Waals surface area contributed by atoms with Crippen LogP contribution in [0.15, 0.2) is 97.3 Å². The summed E-state index contributed by atoms with van der Waals surface area (Å²) in [5.41, 5.74) is 3.46. The number of amides is 2. The first-order chi connectivity index (χ1) is 16.5. The molecule has 0 aliphatic heterocycles. The fraction of sp³-hybridized carbons (Fsp3) is 0.0741. The van der Waals surface area contributed by atoms with E-state index in [1.807, 2.05) is 53.4 Å². The van der Waals surface area contributed by atoms with Gasteiger partial charge in [-0.3, -0.25) is 14.4 Å². The molecule has 2 amide bonds. The molecule has 0 aliphatic rings. The van der Waals surface area contributed by atoms with Crippen LogP contribution in [0.1, 0.15) is 33.2 Å². The summed E-state index contributed by atoms with van der Waals surface area (Å²) >= 11 is 0. The second kappa shape index (κ2) is 10.3. The van der Waals surface area contributed by atoms with Gasteiger partial charge in [-0.05, 0) is 72.3 Å². The summed E-state index contributed by atoms with van der Waals surface area (Å²) in [6.07, 6.45) is 3.89. The molecule has 0 aliphatic carbocycles. The molecule has 34 heavy (non-hydrogen) atoms. The minimum Gasteiger partial charge on any atom is -0.427 e. The monoisotopic (exact) mass is 453 g/mol. The summed E-state index contributed by atoms with van der Waals surface area (Å²) in [7, 11) is 0. The van der Waals surface area contributed by atoms with Gasteiger partial charge in [0.05, 0.1) is 0 Å². The van der Waals surface area contributed by atoms with Gasteiger partial charge in [0.25, 0.3) is 11.8 Å². The van der Waals surface area contributed by atoms with Gasteiger partial charge in [0.15, 0.2) is 0 Å². The fourth-order valence-corrected chi connectivity index (χ4v) is 3.35. The Balaban J connectivity index is 1.31. The highest BCUT2D eigenvalue weighted by molar-refractivity contribution is 6.04. The second-order valence-electron chi connectivity index (χ2n) is 7.59. The normalized spacial score (nSPS) is 10.4. The van der Waals surface area contributed by atoms with Gasteiger partial charge >= 0.3 is 5.97 Å². The molecular weight excluding hydrogens is 430 g/mol. The standard InChI is InChI=1S/C27H23N3O4/c1-19(31)34-25-6-4-5-22(17-25)26(32)28-18-20-7-11-23(12-8-20)29-27(33)21-9-13-24(14-10-21)30-15-2-3-16-30/h2-17H,18H2,1H3,(H,28,32)(H,29,33). The number of anilines is 1. The maximum absolute atomic E-state index is 12.6. The van der Waals surface area contributed by atoms with E-state index in [2.05, 4.69) is 10.6 Å². The van der Waals surface area contributed by atoms with E-state index in [0.717, 1.165) is 11.3 Å². The number of hydrogen-bond donors (Lipinski definition) is 2. The lowest BCUT2D eigenvalue weighted by Crippen LogP contribution is -2.22. The first-order valence-corrected chi connectivity index (χ1v) is 10.7. The lowest BCUT2D eigenvalue weighted by atomic mass is 10.1. The van der Waals surface area contributed by atoms with E-state index in [-0.39, 0.29) is 11.8 Å². The number of ether oxygens (including phenoxy) is 1. The van der Waals surface area contributed by atoms with Crippen molar-refractivity contribution in [2.24, 2.45) is 0 Å². The highest BCUT2D eigenvalue weighted by Gasteiger charge is 2.09. The number of benzene rings is 3. The fourth-order valence-electron chi connectivity index (χ4n) is 3.35. The molecule has 0 unspecified atom stereocenters. The van der Waals surface area contributed by atoms with Crippen molar-refractivity contribution >= 4 is 23.5 Å². The van der Waals surface area contributed by atoms with Crippen LogP contribution in [0.25, 0.3) is 5.69 Å². The van der Waals surface area contributed by atoms with Gasteiger partial charge in [-0.15, -0.1) is 0 Å². The Morgan fingerprint density at radius 3 is 2.18 bits per heavy atom. The van der Waals surface area contributed by atoms with E-state index in [1.54, 1.807) is 42.5 Å². The van der Waals surface area contributed by atoms with Crippen LogP contribution in [-0.2, 0) is 11.3 Å². The SMILES string of the molecule is CC(=O)Oc1cccc(C(=O)NCc2ccc(NC(=O)c3ccc(-n4cccc4)cc3)cc2)c1. The molecule has 1 heterocycles. The number of nitrogens with one attached hydrogen (secondary N) is 2. The molecule has 0 fully saturated rings. The predicted molar refractivity (Wildman–Crippen MR) is 129 cm³/mol. The summed E-state index contributed by atoms with van der Waals surface area (Å²) in [6, 6.07) is 24.9. The highest BCUT2D eigenvalue weighted by Crippen LogP contribution is 2.16. The Morgan fingerprint density at radius 1 is 0.794 bits per heavy atom. The van der Waals surface area contributed by atoms with Crippen LogP contribution >= 0.6 is 0 Å². The molecule has 4 rings (SSSR count). The Morgan fingerprint density at radius 2 is 1.50 bits per heavy atom. The molecule has 0 saturated carbocycles. The van der Waals surface area contributed by atoms with Gasteiger partial charge < -0.3 is 19.9 Å². The van der Waals surface area contributed by atoms with Crippen molar-refractivity contribution in [1.29, 1.82) is 0 Å². The van der Waals surface area contributed by atoms with Gasteiger partial charge in [-0.2, -0.15) is 0 Å². The number of rotatable bonds is 7. The number of carbonyl (C=O) groups is 3. The lowest BCUT2D eigenvalue weighted by molar-refractivity contribution is -0.131. The molecule has 0 spiro atoms. The third-order valence-corrected chi connectivity index (χ3v) is 5.05. The van der Waals surface area contributed by atoms with Crippen molar-refractivity contribution in [3.8, 4) is 11.4 Å². The smallest absolute Gasteiger partial charge is 0.308 e. The molecule has 2 N–H and O–H groups in total. The summed E-state index contributed by atoms with van der Waals surface area (Å²) in [5, 5.41) is 5.71. The zero-order chi connectivity index (χ0) is 23.9. The van der Waals surface area contributed by atoms with Crippen molar-refractivity contribution < 1.29 is 19.1 Å². The summed E-state index contributed by atoms with van der Waals surface area (Å²) in [5.74, 6) is -0.610. The maximum atomic E-state index is 12.6. The number of hydrogen-bond acceptors (Lipinski definition) is 4. The molecule has 0 radical (unpaired) electrons. The van der Waals surface area contributed by atoms with E-state index in [0.29, 0.717) is 29.1 Å². The van der Waals surface area contributed by atoms with Gasteiger partial charge in [-0.25, -0.2) is 0 Å². The van der Waals surface area contributed by atoms with Crippen LogP contribution in [0.4, 0.5) is 5.69 Å². The first-order valence-electron chi connectivity index (χ1n) is 10.7. The Hall–Kier alpha value is -4.65. The molecule has 7 nitrogen and oxygen atoms in total. The van der Waals surface area contributed by atoms with Crippen LogP contribution in [0.5, 0.6) is 5.75 Å². The van der Waals surface area contributed by atoms with Crippen LogP contribution in [0, 0.1) is 0 Å². The van der Waals surface area contributed by atoms with E-state index in [9.17, 15) is 14.4 Å². The molecule has 0 saturated heterocycles. The van der Waals surface area contributed by atoms with E-state index < -0.39 is 5.97 Å². The van der Waals surface area contributed by atoms with Crippen LogP contribution in [-0.4, -0.2) is 22.4 Å². The second-order valence-corrected chi connectivity index (χ2v) is 7.59. The van der Waals surface area contributed by atoms with Gasteiger partial charge in [0.2, 0.25) is 0 Å². The molecule has 7 heteroatoms. The van der Waals surface area contributed by atoms with Crippen molar-refractivity contribution in [3.63, 3.8) is 0 Å². The molecule has 0 bridgehead atoms. The third-order valence-electron chi connectivity index (χ3n) is 5.05. The number of nitrogens with zero attached hydrogens (tertiary/aromatic N) is 1. The van der Waals surface area contributed by atoms with Crippen LogP contribution in [0.2, 0.25) is 0 Å². The van der Waals surface area contributed by atoms with Crippen molar-refractivity contribution in [1.82, 2.24) is 9.88 Å². The number of aromatic nitrogens is 1.